The molecule has 1 aromatic heterocycles. The Hall–Kier alpha value is -1.08. The van der Waals surface area contributed by atoms with Crippen LogP contribution < -0.4 is 0 Å². The third kappa shape index (κ3) is 3.15. The molecular formula is C12H18ClN3O3S. The average Bonchev–Trinajstić information content (AvgIpc) is 3.04. The molecule has 2 rings (SSSR count). The average molecular weight is 320 g/mol. The van der Waals surface area contributed by atoms with Crippen molar-refractivity contribution in [3.05, 3.63) is 11.4 Å². The smallest absolute Gasteiger partial charge is 0.275 e. The lowest BCUT2D eigenvalue weighted by molar-refractivity contribution is 0.0769. The number of hydrogen-bond donors (Lipinski definition) is 1. The van der Waals surface area contributed by atoms with Gasteiger partial charge in [-0.1, -0.05) is 13.8 Å². The summed E-state index contributed by atoms with van der Waals surface area (Å²) < 4.78 is 23.5. The molecule has 20 heavy (non-hydrogen) atoms. The molecule has 0 bridgehead atoms. The molecule has 0 spiro atoms. The van der Waals surface area contributed by atoms with Gasteiger partial charge in [-0.05, 0) is 18.8 Å². The molecular weight excluding hydrogens is 302 g/mol. The van der Waals surface area contributed by atoms with E-state index < -0.39 is 15.0 Å². The molecule has 1 aliphatic carbocycles. The van der Waals surface area contributed by atoms with Gasteiger partial charge in [-0.3, -0.25) is 9.89 Å². The molecule has 1 aliphatic rings. The normalized spacial score (nSPS) is 15.7. The first kappa shape index (κ1) is 15.3. The molecule has 1 N–H and O–H groups in total. The summed E-state index contributed by atoms with van der Waals surface area (Å²) in [4.78, 5) is 13.6. The van der Waals surface area contributed by atoms with Crippen molar-refractivity contribution in [3.63, 3.8) is 0 Å². The molecule has 1 aromatic rings. The van der Waals surface area contributed by atoms with E-state index in [1.165, 1.54) is 4.90 Å². The molecule has 8 heteroatoms. The van der Waals surface area contributed by atoms with Crippen molar-refractivity contribution in [2.24, 2.45) is 5.92 Å². The molecule has 1 fully saturated rings. The van der Waals surface area contributed by atoms with Crippen molar-refractivity contribution in [1.29, 1.82) is 0 Å². The van der Waals surface area contributed by atoms with Crippen LogP contribution in [0.1, 0.15) is 48.8 Å². The van der Waals surface area contributed by atoms with Gasteiger partial charge in [-0.2, -0.15) is 5.10 Å². The maximum Gasteiger partial charge on any atom is 0.275 e. The second-order valence-electron chi connectivity index (χ2n) is 5.61. The van der Waals surface area contributed by atoms with Gasteiger partial charge < -0.3 is 4.90 Å². The molecule has 0 saturated heterocycles. The predicted octanol–water partition coefficient (Wildman–Crippen LogP) is 1.94. The summed E-state index contributed by atoms with van der Waals surface area (Å²) >= 11 is 0. The largest absolute Gasteiger partial charge is 0.340 e. The molecule has 0 atom stereocenters. The number of carbonyl (C=O) groups excluding carboxylic acids is 1. The van der Waals surface area contributed by atoms with Crippen molar-refractivity contribution in [3.8, 4) is 0 Å². The number of H-pyrrole nitrogens is 1. The Bertz CT molecular complexity index is 620. The molecule has 6 nitrogen and oxygen atoms in total. The zero-order valence-electron chi connectivity index (χ0n) is 11.7. The minimum Gasteiger partial charge on any atom is -0.340 e. The van der Waals surface area contributed by atoms with Crippen LogP contribution in [0.15, 0.2) is 4.90 Å². The van der Waals surface area contributed by atoms with Gasteiger partial charge in [0.25, 0.3) is 15.0 Å². The first-order valence-corrected chi connectivity index (χ1v) is 8.81. The Balaban J connectivity index is 2.39. The van der Waals surface area contributed by atoms with Crippen molar-refractivity contribution < 1.29 is 13.2 Å². The summed E-state index contributed by atoms with van der Waals surface area (Å²) in [6.45, 7) is 4.47. The van der Waals surface area contributed by atoms with Gasteiger partial charge in [0, 0.05) is 30.2 Å². The zero-order valence-corrected chi connectivity index (χ0v) is 13.3. The summed E-state index contributed by atoms with van der Waals surface area (Å²) in [5.41, 5.74) is 0.353. The van der Waals surface area contributed by atoms with E-state index >= 15 is 0 Å². The number of nitrogens with zero attached hydrogens (tertiary/aromatic N) is 2. The van der Waals surface area contributed by atoms with E-state index in [0.29, 0.717) is 12.2 Å². The van der Waals surface area contributed by atoms with Crippen molar-refractivity contribution in [1.82, 2.24) is 15.1 Å². The predicted molar refractivity (Wildman–Crippen MR) is 75.4 cm³/mol. The molecule has 1 saturated carbocycles. The highest BCUT2D eigenvalue weighted by atomic mass is 35.7. The highest BCUT2D eigenvalue weighted by Crippen LogP contribution is 2.43. The first-order chi connectivity index (χ1) is 9.21. The topological polar surface area (TPSA) is 83.1 Å². The SMILES string of the molecule is CC(C)CN(C)C(=O)c1n[nH]c(C2CC2)c1S(=O)(=O)Cl. The fourth-order valence-electron chi connectivity index (χ4n) is 2.20. The number of carbonyl (C=O) groups is 1. The van der Waals surface area contributed by atoms with Gasteiger partial charge >= 0.3 is 0 Å². The maximum absolute atomic E-state index is 12.3. The van der Waals surface area contributed by atoms with Crippen molar-refractivity contribution in [2.75, 3.05) is 13.6 Å². The second-order valence-corrected chi connectivity index (χ2v) is 8.11. The summed E-state index contributed by atoms with van der Waals surface area (Å²) in [6.07, 6.45) is 1.77. The van der Waals surface area contributed by atoms with Gasteiger partial charge in [0.15, 0.2) is 5.69 Å². The molecule has 0 radical (unpaired) electrons. The van der Waals surface area contributed by atoms with Crippen LogP contribution in [-0.4, -0.2) is 43.0 Å². The third-order valence-electron chi connectivity index (χ3n) is 3.17. The quantitative estimate of drug-likeness (QED) is 0.841. The number of halogens is 1. The van der Waals surface area contributed by atoms with E-state index in [1.54, 1.807) is 7.05 Å². The Morgan fingerprint density at radius 2 is 2.10 bits per heavy atom. The van der Waals surface area contributed by atoms with Crippen LogP contribution in [0.4, 0.5) is 0 Å². The molecule has 0 aliphatic heterocycles. The summed E-state index contributed by atoms with van der Waals surface area (Å²) in [5, 5.41) is 6.56. The van der Waals surface area contributed by atoms with Crippen LogP contribution in [0.3, 0.4) is 0 Å². The van der Waals surface area contributed by atoms with Crippen molar-refractivity contribution >= 4 is 25.6 Å². The summed E-state index contributed by atoms with van der Waals surface area (Å²) in [6, 6.07) is 0. The number of nitrogens with one attached hydrogen (secondary N) is 1. The van der Waals surface area contributed by atoms with Gasteiger partial charge in [-0.25, -0.2) is 8.42 Å². The van der Waals surface area contributed by atoms with E-state index in [1.807, 2.05) is 13.8 Å². The van der Waals surface area contributed by atoms with Crippen LogP contribution in [0.25, 0.3) is 0 Å². The van der Waals surface area contributed by atoms with E-state index in [2.05, 4.69) is 10.2 Å². The fraction of sp³-hybridized carbons (Fsp3) is 0.667. The van der Waals surface area contributed by atoms with E-state index in [-0.39, 0.29) is 22.4 Å². The highest BCUT2D eigenvalue weighted by Gasteiger charge is 2.37. The van der Waals surface area contributed by atoms with E-state index in [0.717, 1.165) is 12.8 Å². The number of aromatic amines is 1. The molecule has 112 valence electrons. The summed E-state index contributed by atoms with van der Waals surface area (Å²) in [5.74, 6) is -0.0362. The highest BCUT2D eigenvalue weighted by molar-refractivity contribution is 8.13. The van der Waals surface area contributed by atoms with Crippen LogP contribution in [0, 0.1) is 5.92 Å². The molecule has 1 heterocycles. The number of amides is 1. The van der Waals surface area contributed by atoms with Crippen LogP contribution >= 0.6 is 10.7 Å². The monoisotopic (exact) mass is 319 g/mol. The minimum absolute atomic E-state index is 0.106. The molecule has 0 unspecified atom stereocenters. The van der Waals surface area contributed by atoms with Gasteiger partial charge in [0.2, 0.25) is 0 Å². The third-order valence-corrected chi connectivity index (χ3v) is 4.53. The lowest BCUT2D eigenvalue weighted by atomic mass is 10.2. The Morgan fingerprint density at radius 1 is 1.50 bits per heavy atom. The lowest BCUT2D eigenvalue weighted by Crippen LogP contribution is -2.31. The number of rotatable bonds is 5. The van der Waals surface area contributed by atoms with E-state index in [9.17, 15) is 13.2 Å². The second kappa shape index (κ2) is 5.37. The Kier molecular flexibility index (Phi) is 4.11. The number of aromatic nitrogens is 2. The van der Waals surface area contributed by atoms with Crippen molar-refractivity contribution in [2.45, 2.75) is 37.5 Å². The fourth-order valence-corrected chi connectivity index (χ4v) is 3.50. The maximum atomic E-state index is 12.3. The Labute approximate surface area is 122 Å². The van der Waals surface area contributed by atoms with Gasteiger partial charge in [0.1, 0.15) is 4.90 Å². The minimum atomic E-state index is -4.00. The van der Waals surface area contributed by atoms with Crippen LogP contribution in [0.5, 0.6) is 0 Å². The lowest BCUT2D eigenvalue weighted by Gasteiger charge is -2.18. The zero-order chi connectivity index (χ0) is 15.1. The van der Waals surface area contributed by atoms with Gasteiger partial charge in [-0.15, -0.1) is 0 Å². The molecule has 0 aromatic carbocycles. The summed E-state index contributed by atoms with van der Waals surface area (Å²) in [7, 11) is 3.10. The standard InChI is InChI=1S/C12H18ClN3O3S/c1-7(2)6-16(3)12(17)10-11(20(13,18)19)9(14-15-10)8-4-5-8/h7-8H,4-6H2,1-3H3,(H,14,15). The van der Waals surface area contributed by atoms with Crippen LogP contribution in [-0.2, 0) is 9.05 Å². The van der Waals surface area contributed by atoms with Crippen LogP contribution in [0.2, 0.25) is 0 Å². The van der Waals surface area contributed by atoms with E-state index in [4.69, 9.17) is 10.7 Å². The van der Waals surface area contributed by atoms with Gasteiger partial charge in [0.05, 0.1) is 5.69 Å². The first-order valence-electron chi connectivity index (χ1n) is 6.50. The number of hydrogen-bond acceptors (Lipinski definition) is 4. The molecule has 1 amide bonds. The Morgan fingerprint density at radius 3 is 2.55 bits per heavy atom.